The molecule has 0 aliphatic carbocycles. The number of aromatic amines is 1. The first-order valence-corrected chi connectivity index (χ1v) is 10.7. The zero-order chi connectivity index (χ0) is 21.6. The number of hydrogen-bond acceptors (Lipinski definition) is 0. The van der Waals surface area contributed by atoms with Crippen molar-refractivity contribution < 1.29 is 0 Å². The molecule has 1 N–H and O–H groups in total. The van der Waals surface area contributed by atoms with Crippen molar-refractivity contribution in [2.75, 3.05) is 0 Å². The smallest absolute Gasteiger partial charge is 0.0235 e. The fourth-order valence-corrected chi connectivity index (χ4v) is 4.46. The van der Waals surface area contributed by atoms with Crippen LogP contribution in [-0.2, 0) is 43.2 Å². The van der Waals surface area contributed by atoms with Gasteiger partial charge in [-0.15, -0.1) is 0 Å². The van der Waals surface area contributed by atoms with Crippen molar-refractivity contribution in [3.05, 3.63) is 71.1 Å². The Hall–Kier alpha value is -2.16. The number of aromatic nitrogens is 3. The molecule has 0 amide bonds. The van der Waals surface area contributed by atoms with Crippen molar-refractivity contribution in [2.24, 2.45) is 14.1 Å². The molecule has 0 radical (unpaired) electrons. The summed E-state index contributed by atoms with van der Waals surface area (Å²) in [6.45, 7) is 16.2. The van der Waals surface area contributed by atoms with Gasteiger partial charge in [-0.25, -0.2) is 0 Å². The number of nitrogens with one attached hydrogen (secondary N) is 1. The van der Waals surface area contributed by atoms with Crippen LogP contribution in [0.5, 0.6) is 0 Å². The maximum atomic E-state index is 3.51. The van der Waals surface area contributed by atoms with Crippen molar-refractivity contribution in [1.82, 2.24) is 14.1 Å². The van der Waals surface area contributed by atoms with Gasteiger partial charge in [0.2, 0.25) is 0 Å². The summed E-state index contributed by atoms with van der Waals surface area (Å²) >= 11 is 0. The van der Waals surface area contributed by atoms with Gasteiger partial charge in [-0.1, -0.05) is 48.5 Å². The second kappa shape index (κ2) is 7.27. The molecule has 0 fully saturated rings. The maximum Gasteiger partial charge on any atom is 0.0235 e. The minimum Gasteiger partial charge on any atom is -0.365 e. The zero-order valence-corrected chi connectivity index (χ0v) is 19.9. The number of nitrogens with zero attached hydrogens (tertiary/aromatic N) is 2. The van der Waals surface area contributed by atoms with E-state index in [2.05, 4.69) is 120 Å². The molecule has 29 heavy (non-hydrogen) atoms. The summed E-state index contributed by atoms with van der Waals surface area (Å²) in [6, 6.07) is 6.99. The maximum absolute atomic E-state index is 3.51. The number of H-pyrrole nitrogens is 1. The molecule has 0 spiro atoms. The summed E-state index contributed by atoms with van der Waals surface area (Å²) in [5.41, 5.74) is 7.24. The van der Waals surface area contributed by atoms with Crippen LogP contribution >= 0.6 is 0 Å². The van der Waals surface area contributed by atoms with Crippen LogP contribution in [0.25, 0.3) is 0 Å². The minimum absolute atomic E-state index is 0.0594. The quantitative estimate of drug-likeness (QED) is 0.529. The molecule has 3 heteroatoms. The topological polar surface area (TPSA) is 25.6 Å². The molecule has 0 atom stereocenters. The molecule has 0 saturated carbocycles. The van der Waals surface area contributed by atoms with Gasteiger partial charge < -0.3 is 14.1 Å². The van der Waals surface area contributed by atoms with Crippen molar-refractivity contribution in [2.45, 2.75) is 77.6 Å². The molecule has 0 saturated heterocycles. The van der Waals surface area contributed by atoms with Gasteiger partial charge in [-0.2, -0.15) is 0 Å². The predicted molar refractivity (Wildman–Crippen MR) is 124 cm³/mol. The third-order valence-electron chi connectivity index (χ3n) is 6.26. The Morgan fingerprint density at radius 3 is 2.07 bits per heavy atom. The zero-order valence-electron chi connectivity index (χ0n) is 19.9. The molecule has 158 valence electrons. The van der Waals surface area contributed by atoms with E-state index in [4.69, 9.17) is 0 Å². The van der Waals surface area contributed by atoms with Crippen molar-refractivity contribution in [3.63, 3.8) is 0 Å². The van der Waals surface area contributed by atoms with Gasteiger partial charge in [0.15, 0.2) is 0 Å². The summed E-state index contributed by atoms with van der Waals surface area (Å²) < 4.78 is 4.46. The molecule has 3 rings (SSSR count). The fraction of sp³-hybridized carbons (Fsp3) is 0.538. The summed E-state index contributed by atoms with van der Waals surface area (Å²) in [6.07, 6.45) is 10.9. The number of aryl methyl sites for hydroxylation is 2. The highest BCUT2D eigenvalue weighted by Crippen LogP contribution is 2.33. The molecule has 0 bridgehead atoms. The fourth-order valence-electron chi connectivity index (χ4n) is 4.46. The van der Waals surface area contributed by atoms with Crippen LogP contribution in [0.3, 0.4) is 0 Å². The molecule has 3 aromatic heterocycles. The molecule has 3 aromatic rings. The van der Waals surface area contributed by atoms with Crippen LogP contribution in [0, 0.1) is 0 Å². The highest BCUT2D eigenvalue weighted by molar-refractivity contribution is 5.32. The van der Waals surface area contributed by atoms with Gasteiger partial charge in [-0.3, -0.25) is 0 Å². The Kier molecular flexibility index (Phi) is 5.40. The second-order valence-corrected chi connectivity index (χ2v) is 11.2. The molecule has 0 unspecified atom stereocenters. The Bertz CT molecular complexity index is 970. The van der Waals surface area contributed by atoms with E-state index in [1.807, 2.05) is 0 Å². The molecule has 0 aliphatic rings. The van der Waals surface area contributed by atoms with Crippen molar-refractivity contribution >= 4 is 0 Å². The number of rotatable bonds is 6. The first kappa shape index (κ1) is 21.5. The summed E-state index contributed by atoms with van der Waals surface area (Å²) in [7, 11) is 4.28. The van der Waals surface area contributed by atoms with Crippen LogP contribution < -0.4 is 0 Å². The molecular formula is C26H39N3. The summed E-state index contributed by atoms with van der Waals surface area (Å²) in [5.74, 6) is 0. The number of hydrogen-bond donors (Lipinski definition) is 1. The van der Waals surface area contributed by atoms with Gasteiger partial charge in [-0.05, 0) is 58.6 Å². The molecular weight excluding hydrogens is 354 g/mol. The van der Waals surface area contributed by atoms with Crippen LogP contribution in [-0.4, -0.2) is 14.1 Å². The van der Waals surface area contributed by atoms with Gasteiger partial charge in [0, 0.05) is 55.7 Å². The minimum atomic E-state index is 0.0594. The van der Waals surface area contributed by atoms with E-state index in [1.54, 1.807) is 0 Å². The van der Waals surface area contributed by atoms with E-state index < -0.39 is 0 Å². The van der Waals surface area contributed by atoms with E-state index in [0.717, 1.165) is 12.8 Å². The van der Waals surface area contributed by atoms with Crippen molar-refractivity contribution in [1.29, 1.82) is 0 Å². The van der Waals surface area contributed by atoms with Gasteiger partial charge >= 0.3 is 0 Å². The summed E-state index contributed by atoms with van der Waals surface area (Å²) in [5, 5.41) is 0. The molecule has 0 aliphatic heterocycles. The molecule has 3 heterocycles. The first-order valence-electron chi connectivity index (χ1n) is 10.7. The largest absolute Gasteiger partial charge is 0.365 e. The lowest BCUT2D eigenvalue weighted by atomic mass is 9.80. The van der Waals surface area contributed by atoms with E-state index >= 15 is 0 Å². The standard InChI is InChI=1S/C26H39N3/c1-24(2,3)21-13-22(27-16-21)15-26(6,7)23-12-19(17-29(23)9)14-25(4,5)20-10-11-28(8)18-20/h10-13,16-18,27H,14-15H2,1-9H3. The molecule has 0 aromatic carbocycles. The van der Waals surface area contributed by atoms with Crippen molar-refractivity contribution in [3.8, 4) is 0 Å². The lowest BCUT2D eigenvalue weighted by molar-refractivity contribution is 0.482. The highest BCUT2D eigenvalue weighted by Gasteiger charge is 2.28. The van der Waals surface area contributed by atoms with E-state index in [-0.39, 0.29) is 16.2 Å². The third kappa shape index (κ3) is 4.71. The Morgan fingerprint density at radius 2 is 1.52 bits per heavy atom. The van der Waals surface area contributed by atoms with E-state index in [1.165, 1.54) is 28.1 Å². The predicted octanol–water partition coefficient (Wildman–Crippen LogP) is 6.03. The lowest BCUT2D eigenvalue weighted by Crippen LogP contribution is -2.23. The van der Waals surface area contributed by atoms with Crippen LogP contribution in [0.2, 0.25) is 0 Å². The monoisotopic (exact) mass is 393 g/mol. The molecule has 3 nitrogen and oxygen atoms in total. The lowest BCUT2D eigenvalue weighted by Gasteiger charge is -2.25. The van der Waals surface area contributed by atoms with E-state index in [0.29, 0.717) is 0 Å². The third-order valence-corrected chi connectivity index (χ3v) is 6.26. The average Bonchev–Trinajstić information content (AvgIpc) is 3.27. The Labute approximate surface area is 177 Å². The van der Waals surface area contributed by atoms with Crippen LogP contribution in [0.15, 0.2) is 43.0 Å². The first-order chi connectivity index (χ1) is 13.3. The normalized spacial score (nSPS) is 13.3. The SMILES string of the molecule is Cn1ccc(C(C)(C)Cc2cc(C(C)(C)Cc3cc(C(C)(C)C)c[nH]3)n(C)c2)c1. The van der Waals surface area contributed by atoms with Gasteiger partial charge in [0.05, 0.1) is 0 Å². The van der Waals surface area contributed by atoms with Crippen LogP contribution in [0.4, 0.5) is 0 Å². The highest BCUT2D eigenvalue weighted by atomic mass is 14.9. The Balaban J connectivity index is 1.80. The van der Waals surface area contributed by atoms with Gasteiger partial charge in [0.25, 0.3) is 0 Å². The van der Waals surface area contributed by atoms with Crippen LogP contribution in [0.1, 0.15) is 76.5 Å². The Morgan fingerprint density at radius 1 is 0.828 bits per heavy atom. The average molecular weight is 394 g/mol. The second-order valence-electron chi connectivity index (χ2n) is 11.2. The van der Waals surface area contributed by atoms with Gasteiger partial charge in [0.1, 0.15) is 0 Å². The van der Waals surface area contributed by atoms with E-state index in [9.17, 15) is 0 Å². The summed E-state index contributed by atoms with van der Waals surface area (Å²) in [4.78, 5) is 3.51.